The van der Waals surface area contributed by atoms with Crippen LogP contribution in [0.3, 0.4) is 0 Å². The number of halogens is 2. The minimum absolute atomic E-state index is 0. The molecule has 0 spiro atoms. The summed E-state index contributed by atoms with van der Waals surface area (Å²) < 4.78 is 0. The SMILES string of the molecule is CC1CCN(C(=O)Cc2csc(-c3cccnc3)n2)C(CN)C1.Cl.Cl. The molecule has 1 saturated heterocycles. The molecule has 2 N–H and O–H groups in total. The van der Waals surface area contributed by atoms with E-state index in [2.05, 4.69) is 16.9 Å². The maximum Gasteiger partial charge on any atom is 0.228 e. The van der Waals surface area contributed by atoms with Crippen LogP contribution in [-0.2, 0) is 11.2 Å². The minimum Gasteiger partial charge on any atom is -0.338 e. The summed E-state index contributed by atoms with van der Waals surface area (Å²) in [6.07, 6.45) is 5.94. The molecule has 0 aromatic carbocycles. The standard InChI is InChI=1S/C17H22N4OS.2ClH/c1-12-4-6-21(15(7-12)9-18)16(22)8-14-11-23-17(20-14)13-3-2-5-19-10-13;;/h2-3,5,10-12,15H,4,6-9,18H2,1H3;2*1H. The van der Waals surface area contributed by atoms with Crippen LogP contribution in [0.2, 0.25) is 0 Å². The number of thiazole rings is 1. The zero-order chi connectivity index (χ0) is 16.2. The number of aromatic nitrogens is 2. The van der Waals surface area contributed by atoms with Crippen LogP contribution in [-0.4, -0.2) is 39.9 Å². The van der Waals surface area contributed by atoms with Crippen LogP contribution in [0.15, 0.2) is 29.9 Å². The van der Waals surface area contributed by atoms with Crippen molar-refractivity contribution in [3.8, 4) is 10.6 Å². The Morgan fingerprint density at radius 1 is 1.44 bits per heavy atom. The molecular weight excluding hydrogens is 379 g/mol. The van der Waals surface area contributed by atoms with Crippen molar-refractivity contribution in [3.63, 3.8) is 0 Å². The maximum atomic E-state index is 12.6. The van der Waals surface area contributed by atoms with Gasteiger partial charge in [0.05, 0.1) is 12.1 Å². The number of pyridine rings is 1. The highest BCUT2D eigenvalue weighted by molar-refractivity contribution is 7.13. The predicted molar refractivity (Wildman–Crippen MR) is 106 cm³/mol. The van der Waals surface area contributed by atoms with Gasteiger partial charge >= 0.3 is 0 Å². The van der Waals surface area contributed by atoms with Crippen molar-refractivity contribution in [1.82, 2.24) is 14.9 Å². The summed E-state index contributed by atoms with van der Waals surface area (Å²) in [5.74, 6) is 0.777. The van der Waals surface area contributed by atoms with Gasteiger partial charge in [-0.25, -0.2) is 4.98 Å². The second-order valence-electron chi connectivity index (χ2n) is 6.17. The third kappa shape index (κ3) is 5.38. The summed E-state index contributed by atoms with van der Waals surface area (Å²) in [5.41, 5.74) is 7.67. The fourth-order valence-electron chi connectivity index (χ4n) is 3.07. The molecule has 0 radical (unpaired) electrons. The van der Waals surface area contributed by atoms with E-state index in [0.717, 1.165) is 35.7 Å². The van der Waals surface area contributed by atoms with Crippen molar-refractivity contribution >= 4 is 42.1 Å². The zero-order valence-electron chi connectivity index (χ0n) is 14.1. The second-order valence-corrected chi connectivity index (χ2v) is 7.03. The van der Waals surface area contributed by atoms with Gasteiger partial charge in [0, 0.05) is 42.5 Å². The average molecular weight is 403 g/mol. The predicted octanol–water partition coefficient (Wildman–Crippen LogP) is 3.18. The summed E-state index contributed by atoms with van der Waals surface area (Å²) in [6.45, 7) is 3.57. The van der Waals surface area contributed by atoms with Gasteiger partial charge in [-0.3, -0.25) is 9.78 Å². The molecule has 2 aromatic rings. The number of hydrogen-bond acceptors (Lipinski definition) is 5. The lowest BCUT2D eigenvalue weighted by Crippen LogP contribution is -2.49. The van der Waals surface area contributed by atoms with Gasteiger partial charge in [0.1, 0.15) is 5.01 Å². The number of amides is 1. The number of likely N-dealkylation sites (tertiary alicyclic amines) is 1. The van der Waals surface area contributed by atoms with Crippen LogP contribution in [0.5, 0.6) is 0 Å². The lowest BCUT2D eigenvalue weighted by molar-refractivity contribution is -0.134. The molecule has 2 unspecified atom stereocenters. The van der Waals surface area contributed by atoms with Gasteiger partial charge in [-0.2, -0.15) is 0 Å². The van der Waals surface area contributed by atoms with Crippen molar-refractivity contribution in [3.05, 3.63) is 35.6 Å². The molecule has 0 bridgehead atoms. The van der Waals surface area contributed by atoms with Gasteiger partial charge in [-0.15, -0.1) is 36.2 Å². The summed E-state index contributed by atoms with van der Waals surface area (Å²) >= 11 is 1.55. The quantitative estimate of drug-likeness (QED) is 0.851. The van der Waals surface area contributed by atoms with E-state index in [1.54, 1.807) is 23.7 Å². The molecule has 2 atom stereocenters. The number of carbonyl (C=O) groups excluding carboxylic acids is 1. The smallest absolute Gasteiger partial charge is 0.228 e. The van der Waals surface area contributed by atoms with E-state index < -0.39 is 0 Å². The zero-order valence-corrected chi connectivity index (χ0v) is 16.6. The molecule has 1 amide bonds. The van der Waals surface area contributed by atoms with E-state index in [0.29, 0.717) is 18.9 Å². The third-order valence-electron chi connectivity index (χ3n) is 4.36. The highest BCUT2D eigenvalue weighted by atomic mass is 35.5. The minimum atomic E-state index is 0. The average Bonchev–Trinajstić information content (AvgIpc) is 3.04. The molecule has 0 aliphatic carbocycles. The third-order valence-corrected chi connectivity index (χ3v) is 5.30. The Morgan fingerprint density at radius 3 is 2.92 bits per heavy atom. The Labute approximate surface area is 164 Å². The Balaban J connectivity index is 0.00000156. The highest BCUT2D eigenvalue weighted by Gasteiger charge is 2.29. The fourth-order valence-corrected chi connectivity index (χ4v) is 3.88. The molecule has 1 aliphatic heterocycles. The molecular formula is C17H24Cl2N4OS. The van der Waals surface area contributed by atoms with Crippen LogP contribution in [0.1, 0.15) is 25.5 Å². The van der Waals surface area contributed by atoms with Crippen molar-refractivity contribution in [2.75, 3.05) is 13.1 Å². The van der Waals surface area contributed by atoms with Crippen molar-refractivity contribution in [2.24, 2.45) is 11.7 Å². The van der Waals surface area contributed by atoms with E-state index in [-0.39, 0.29) is 36.8 Å². The molecule has 138 valence electrons. The van der Waals surface area contributed by atoms with E-state index in [1.807, 2.05) is 22.4 Å². The monoisotopic (exact) mass is 402 g/mol. The summed E-state index contributed by atoms with van der Waals surface area (Å²) in [6, 6.07) is 4.04. The molecule has 0 saturated carbocycles. The lowest BCUT2D eigenvalue weighted by atomic mass is 9.92. The Morgan fingerprint density at radius 2 is 2.24 bits per heavy atom. The van der Waals surface area contributed by atoms with Gasteiger partial charge in [0.15, 0.2) is 0 Å². The first-order valence-electron chi connectivity index (χ1n) is 8.01. The molecule has 2 aromatic heterocycles. The van der Waals surface area contributed by atoms with E-state index in [9.17, 15) is 4.79 Å². The first-order valence-corrected chi connectivity index (χ1v) is 8.89. The van der Waals surface area contributed by atoms with E-state index in [4.69, 9.17) is 5.73 Å². The molecule has 25 heavy (non-hydrogen) atoms. The molecule has 3 rings (SSSR count). The first-order chi connectivity index (χ1) is 11.2. The van der Waals surface area contributed by atoms with Crippen LogP contribution in [0.25, 0.3) is 10.6 Å². The fraction of sp³-hybridized carbons (Fsp3) is 0.471. The van der Waals surface area contributed by atoms with Gasteiger partial charge in [0.2, 0.25) is 5.91 Å². The topological polar surface area (TPSA) is 72.1 Å². The number of carbonyl (C=O) groups is 1. The van der Waals surface area contributed by atoms with Gasteiger partial charge in [-0.1, -0.05) is 6.92 Å². The van der Waals surface area contributed by atoms with Crippen molar-refractivity contribution in [1.29, 1.82) is 0 Å². The summed E-state index contributed by atoms with van der Waals surface area (Å²) in [7, 11) is 0. The second kappa shape index (κ2) is 10.1. The van der Waals surface area contributed by atoms with Gasteiger partial charge in [-0.05, 0) is 30.9 Å². The van der Waals surface area contributed by atoms with Crippen LogP contribution in [0, 0.1) is 5.92 Å². The van der Waals surface area contributed by atoms with Gasteiger partial charge in [0.25, 0.3) is 0 Å². The number of piperidine rings is 1. The van der Waals surface area contributed by atoms with Crippen molar-refractivity contribution < 1.29 is 4.79 Å². The Kier molecular flexibility index (Phi) is 8.79. The van der Waals surface area contributed by atoms with E-state index >= 15 is 0 Å². The maximum absolute atomic E-state index is 12.6. The largest absolute Gasteiger partial charge is 0.338 e. The van der Waals surface area contributed by atoms with Crippen LogP contribution < -0.4 is 5.73 Å². The van der Waals surface area contributed by atoms with Gasteiger partial charge < -0.3 is 10.6 Å². The number of nitrogens with zero attached hydrogens (tertiary/aromatic N) is 3. The molecule has 1 aliphatic rings. The highest BCUT2D eigenvalue weighted by Crippen LogP contribution is 2.25. The molecule has 3 heterocycles. The molecule has 5 nitrogen and oxygen atoms in total. The lowest BCUT2D eigenvalue weighted by Gasteiger charge is -2.38. The Bertz CT molecular complexity index is 668. The normalized spacial score (nSPS) is 19.7. The van der Waals surface area contributed by atoms with Crippen molar-refractivity contribution in [2.45, 2.75) is 32.2 Å². The Hall–Kier alpha value is -1.21. The number of rotatable bonds is 4. The molecule has 8 heteroatoms. The molecule has 1 fully saturated rings. The number of nitrogens with two attached hydrogens (primary N) is 1. The van der Waals surface area contributed by atoms with E-state index in [1.165, 1.54) is 0 Å². The summed E-state index contributed by atoms with van der Waals surface area (Å²) in [4.78, 5) is 23.3. The summed E-state index contributed by atoms with van der Waals surface area (Å²) in [5, 5.41) is 2.87. The first kappa shape index (κ1) is 21.8. The van der Waals surface area contributed by atoms with Crippen LogP contribution >= 0.6 is 36.2 Å². The number of hydrogen-bond donors (Lipinski definition) is 1. The van der Waals surface area contributed by atoms with Crippen LogP contribution in [0.4, 0.5) is 0 Å².